The lowest BCUT2D eigenvalue weighted by Gasteiger charge is -2.01. The van der Waals surface area contributed by atoms with Crippen molar-refractivity contribution in [2.24, 2.45) is 0 Å². The summed E-state index contributed by atoms with van der Waals surface area (Å²) in [6.07, 6.45) is 0. The van der Waals surface area contributed by atoms with Crippen molar-refractivity contribution in [3.05, 3.63) is 30.1 Å². The van der Waals surface area contributed by atoms with Crippen LogP contribution >= 0.6 is 0 Å². The fraction of sp³-hybridized carbons (Fsp3) is 0. The van der Waals surface area contributed by atoms with Crippen LogP contribution in [0.15, 0.2) is 24.3 Å². The Labute approximate surface area is 84.1 Å². The van der Waals surface area contributed by atoms with Gasteiger partial charge in [-0.3, -0.25) is 4.79 Å². The molecule has 0 aliphatic rings. The Kier molecular flexibility index (Phi) is 2.28. The van der Waals surface area contributed by atoms with Crippen molar-refractivity contribution >= 4 is 11.6 Å². The number of tetrazole rings is 1. The molecular weight excluding hydrogens is 198 g/mol. The third-order valence-corrected chi connectivity index (χ3v) is 1.67. The normalized spacial score (nSPS) is 9.87. The average Bonchev–Trinajstić information content (AvgIpc) is 2.74. The van der Waals surface area contributed by atoms with Gasteiger partial charge < -0.3 is 10.4 Å². The first-order valence-electron chi connectivity index (χ1n) is 4.09. The Morgan fingerprint density at radius 1 is 1.33 bits per heavy atom. The zero-order valence-corrected chi connectivity index (χ0v) is 7.51. The number of amides is 1. The molecule has 0 radical (unpaired) electrons. The first-order chi connectivity index (χ1) is 7.25. The number of benzene rings is 1. The number of carbonyl (C=O) groups is 1. The van der Waals surface area contributed by atoms with Gasteiger partial charge in [0.25, 0.3) is 11.7 Å². The van der Waals surface area contributed by atoms with Crippen LogP contribution in [0.25, 0.3) is 0 Å². The van der Waals surface area contributed by atoms with Gasteiger partial charge >= 0.3 is 0 Å². The maximum absolute atomic E-state index is 11.4. The van der Waals surface area contributed by atoms with Crippen LogP contribution in [0, 0.1) is 0 Å². The van der Waals surface area contributed by atoms with Crippen molar-refractivity contribution < 1.29 is 9.90 Å². The lowest BCUT2D eigenvalue weighted by molar-refractivity contribution is 0.101. The topological polar surface area (TPSA) is 104 Å². The van der Waals surface area contributed by atoms with Gasteiger partial charge in [0.1, 0.15) is 5.75 Å². The molecule has 0 bridgehead atoms. The number of phenols is 1. The molecule has 1 heterocycles. The van der Waals surface area contributed by atoms with Crippen LogP contribution < -0.4 is 5.32 Å². The molecule has 15 heavy (non-hydrogen) atoms. The number of hydrogen-bond acceptors (Lipinski definition) is 5. The van der Waals surface area contributed by atoms with E-state index in [-0.39, 0.29) is 11.6 Å². The largest absolute Gasteiger partial charge is 0.508 e. The number of aromatic hydroxyl groups is 1. The number of anilines is 1. The molecule has 76 valence electrons. The maximum atomic E-state index is 11.4. The number of hydrogen-bond donors (Lipinski definition) is 3. The van der Waals surface area contributed by atoms with Gasteiger partial charge in [-0.1, -0.05) is 0 Å². The SMILES string of the molecule is O=C(Nc1ccc(O)cc1)c1nn[nH]n1. The lowest BCUT2D eigenvalue weighted by atomic mass is 10.3. The first kappa shape index (κ1) is 9.13. The van der Waals surface area contributed by atoms with Gasteiger partial charge in [0, 0.05) is 5.69 Å². The summed E-state index contributed by atoms with van der Waals surface area (Å²) in [6, 6.07) is 6.05. The van der Waals surface area contributed by atoms with E-state index < -0.39 is 5.91 Å². The summed E-state index contributed by atoms with van der Waals surface area (Å²) >= 11 is 0. The zero-order chi connectivity index (χ0) is 10.7. The molecule has 0 aliphatic carbocycles. The highest BCUT2D eigenvalue weighted by atomic mass is 16.3. The molecule has 0 atom stereocenters. The molecule has 2 rings (SSSR count). The summed E-state index contributed by atoms with van der Waals surface area (Å²) in [5.41, 5.74) is 0.544. The van der Waals surface area contributed by atoms with E-state index in [1.807, 2.05) is 0 Å². The maximum Gasteiger partial charge on any atom is 0.297 e. The number of phenolic OH excluding ortho intramolecular Hbond substituents is 1. The smallest absolute Gasteiger partial charge is 0.297 e. The molecule has 0 spiro atoms. The molecule has 1 aromatic carbocycles. The first-order valence-corrected chi connectivity index (χ1v) is 4.09. The van der Waals surface area contributed by atoms with Crippen molar-refractivity contribution in [2.45, 2.75) is 0 Å². The summed E-state index contributed by atoms with van der Waals surface area (Å²) < 4.78 is 0. The highest BCUT2D eigenvalue weighted by Crippen LogP contribution is 2.13. The molecule has 0 unspecified atom stereocenters. The number of carbonyl (C=O) groups excluding carboxylic acids is 1. The highest BCUT2D eigenvalue weighted by Gasteiger charge is 2.10. The van der Waals surface area contributed by atoms with Crippen LogP contribution in [-0.4, -0.2) is 31.6 Å². The van der Waals surface area contributed by atoms with Gasteiger partial charge in [-0.2, -0.15) is 5.21 Å². The Balaban J connectivity index is 2.09. The third kappa shape index (κ3) is 2.08. The van der Waals surface area contributed by atoms with E-state index in [4.69, 9.17) is 5.11 Å². The van der Waals surface area contributed by atoms with Crippen LogP contribution in [0.2, 0.25) is 0 Å². The predicted octanol–water partition coefficient (Wildman–Crippen LogP) is 0.158. The van der Waals surface area contributed by atoms with E-state index in [1.165, 1.54) is 12.1 Å². The lowest BCUT2D eigenvalue weighted by Crippen LogP contribution is -2.13. The van der Waals surface area contributed by atoms with Crippen molar-refractivity contribution in [2.75, 3.05) is 5.32 Å². The minimum atomic E-state index is -0.463. The minimum Gasteiger partial charge on any atom is -0.508 e. The Hall–Kier alpha value is -2.44. The molecule has 0 saturated heterocycles. The molecule has 3 N–H and O–H groups in total. The number of aromatic amines is 1. The van der Waals surface area contributed by atoms with Crippen LogP contribution in [0.4, 0.5) is 5.69 Å². The second-order valence-electron chi connectivity index (χ2n) is 2.74. The van der Waals surface area contributed by atoms with Gasteiger partial charge in [-0.15, -0.1) is 10.2 Å². The number of rotatable bonds is 2. The molecule has 0 fully saturated rings. The molecule has 1 amide bonds. The molecule has 2 aromatic rings. The van der Waals surface area contributed by atoms with Gasteiger partial charge in [-0.05, 0) is 29.5 Å². The quantitative estimate of drug-likeness (QED) is 0.606. The van der Waals surface area contributed by atoms with Gasteiger partial charge in [0.05, 0.1) is 0 Å². The summed E-state index contributed by atoms with van der Waals surface area (Å²) in [6.45, 7) is 0. The molecule has 7 heteroatoms. The van der Waals surface area contributed by atoms with Crippen LogP contribution in [0.3, 0.4) is 0 Å². The highest BCUT2D eigenvalue weighted by molar-refractivity contribution is 6.01. The number of nitrogens with one attached hydrogen (secondary N) is 2. The second kappa shape index (κ2) is 3.74. The summed E-state index contributed by atoms with van der Waals surface area (Å²) in [5, 5.41) is 24.0. The molecule has 7 nitrogen and oxygen atoms in total. The Morgan fingerprint density at radius 3 is 2.67 bits per heavy atom. The number of aromatic nitrogens is 4. The van der Waals surface area contributed by atoms with E-state index in [0.29, 0.717) is 5.69 Å². The number of H-pyrrole nitrogens is 1. The standard InChI is InChI=1S/C8H7N5O2/c14-6-3-1-5(2-4-6)9-8(15)7-10-12-13-11-7/h1-4,14H,(H,9,15)(H,10,11,12,13). The Morgan fingerprint density at radius 2 is 2.07 bits per heavy atom. The summed E-state index contributed by atoms with van der Waals surface area (Å²) in [7, 11) is 0. The molecule has 1 aromatic heterocycles. The van der Waals surface area contributed by atoms with Crippen LogP contribution in [0.5, 0.6) is 5.75 Å². The zero-order valence-electron chi connectivity index (χ0n) is 7.51. The van der Waals surface area contributed by atoms with Crippen LogP contribution in [0.1, 0.15) is 10.6 Å². The van der Waals surface area contributed by atoms with Gasteiger partial charge in [-0.25, -0.2) is 0 Å². The molecular formula is C8H7N5O2. The van der Waals surface area contributed by atoms with Crippen LogP contribution in [-0.2, 0) is 0 Å². The third-order valence-electron chi connectivity index (χ3n) is 1.67. The van der Waals surface area contributed by atoms with Crippen molar-refractivity contribution in [3.63, 3.8) is 0 Å². The van der Waals surface area contributed by atoms with E-state index in [1.54, 1.807) is 12.1 Å². The van der Waals surface area contributed by atoms with E-state index in [2.05, 4.69) is 25.9 Å². The Bertz CT molecular complexity index is 450. The van der Waals surface area contributed by atoms with E-state index in [9.17, 15) is 4.79 Å². The summed E-state index contributed by atoms with van der Waals surface area (Å²) in [5.74, 6) is -0.370. The van der Waals surface area contributed by atoms with Crippen molar-refractivity contribution in [3.8, 4) is 5.75 Å². The van der Waals surface area contributed by atoms with Gasteiger partial charge in [0.15, 0.2) is 0 Å². The monoisotopic (exact) mass is 205 g/mol. The van der Waals surface area contributed by atoms with E-state index in [0.717, 1.165) is 0 Å². The predicted molar refractivity (Wildman–Crippen MR) is 50.2 cm³/mol. The summed E-state index contributed by atoms with van der Waals surface area (Å²) in [4.78, 5) is 11.4. The van der Waals surface area contributed by atoms with Crippen molar-refractivity contribution in [1.29, 1.82) is 0 Å². The molecule has 0 saturated carbocycles. The van der Waals surface area contributed by atoms with Crippen molar-refractivity contribution in [1.82, 2.24) is 20.6 Å². The van der Waals surface area contributed by atoms with E-state index >= 15 is 0 Å². The number of nitrogens with zero attached hydrogens (tertiary/aromatic N) is 3. The molecule has 0 aliphatic heterocycles. The van der Waals surface area contributed by atoms with Gasteiger partial charge in [0.2, 0.25) is 0 Å². The second-order valence-corrected chi connectivity index (χ2v) is 2.74. The minimum absolute atomic E-state index is 0.0388. The fourth-order valence-corrected chi connectivity index (χ4v) is 0.990. The fourth-order valence-electron chi connectivity index (χ4n) is 0.990. The average molecular weight is 205 g/mol.